The van der Waals surface area contributed by atoms with Crippen LogP contribution in [0, 0.1) is 5.41 Å². The third-order valence-electron chi connectivity index (χ3n) is 14.3. The van der Waals surface area contributed by atoms with Crippen molar-refractivity contribution < 1.29 is 0 Å². The third-order valence-corrected chi connectivity index (χ3v) is 14.3. The molecule has 0 atom stereocenters. The number of para-hydroxylation sites is 3. The fourth-order valence-electron chi connectivity index (χ4n) is 10.00. The number of fused-ring (bicyclic) bond motifs is 8. The van der Waals surface area contributed by atoms with Crippen molar-refractivity contribution in [3.05, 3.63) is 175 Å². The molecule has 0 amide bonds. The molecule has 11 rings (SSSR count). The summed E-state index contributed by atoms with van der Waals surface area (Å²) in [5.41, 5.74) is 12.7. The molecule has 0 fully saturated rings. The van der Waals surface area contributed by atoms with Crippen LogP contribution < -0.4 is 0 Å². The zero-order valence-corrected chi connectivity index (χ0v) is 34.3. The van der Waals surface area contributed by atoms with Crippen LogP contribution in [0.4, 0.5) is 0 Å². The Hall–Kier alpha value is -6.85. The van der Waals surface area contributed by atoms with Crippen molar-refractivity contribution in [2.45, 2.75) is 52.4 Å². The van der Waals surface area contributed by atoms with Gasteiger partial charge in [-0.1, -0.05) is 187 Å². The topological polar surface area (TPSA) is 48.5 Å². The van der Waals surface area contributed by atoms with E-state index in [9.17, 15) is 0 Å². The second kappa shape index (κ2) is 12.6. The maximum Gasteiger partial charge on any atom is 0.238 e. The van der Waals surface area contributed by atoms with Gasteiger partial charge in [-0.15, -0.1) is 0 Å². The lowest BCUT2D eigenvalue weighted by atomic mass is 9.59. The highest BCUT2D eigenvalue weighted by molar-refractivity contribution is 6.24. The second-order valence-corrected chi connectivity index (χ2v) is 17.7. The molecule has 0 saturated carbocycles. The van der Waals surface area contributed by atoms with Gasteiger partial charge in [-0.3, -0.25) is 4.57 Å². The number of hydrogen-bond donors (Lipinski definition) is 0. The molecule has 1 aliphatic rings. The molecule has 286 valence electrons. The maximum atomic E-state index is 5.30. The summed E-state index contributed by atoms with van der Waals surface area (Å²) in [6.07, 6.45) is 0. The summed E-state index contributed by atoms with van der Waals surface area (Å²) in [6, 6.07) is 58.6. The standard InChI is InChI=1S/C54H45N5/c1-52(2)42-32-29-36(33-43(42)53(3,4)54(52,5)6)37-23-13-16-26-44(37)58-45-27-17-14-24-38(45)40-30-31-41-39-25-15-18-28-46(39)59(48(41)47(40)58)51-56-49(34-19-9-7-10-20-34)55-50(57-51)35-21-11-8-12-22-35/h7-33H,1-6H3. The number of nitrogens with zero attached hydrogens (tertiary/aromatic N) is 5. The van der Waals surface area contributed by atoms with Gasteiger partial charge in [0, 0.05) is 38.2 Å². The normalized spacial score (nSPS) is 15.4. The van der Waals surface area contributed by atoms with Gasteiger partial charge in [0.05, 0.1) is 27.8 Å². The lowest BCUT2D eigenvalue weighted by molar-refractivity contribution is 0.125. The quantitative estimate of drug-likeness (QED) is 0.175. The van der Waals surface area contributed by atoms with Crippen LogP contribution in [0.5, 0.6) is 0 Å². The van der Waals surface area contributed by atoms with E-state index in [0.29, 0.717) is 17.6 Å². The molecule has 5 nitrogen and oxygen atoms in total. The molecule has 0 bridgehead atoms. The van der Waals surface area contributed by atoms with Crippen LogP contribution in [-0.2, 0) is 10.8 Å². The van der Waals surface area contributed by atoms with Gasteiger partial charge >= 0.3 is 0 Å². The maximum absolute atomic E-state index is 5.30. The molecule has 3 aromatic heterocycles. The van der Waals surface area contributed by atoms with Gasteiger partial charge in [0.1, 0.15) is 0 Å². The molecular formula is C54H45N5. The molecule has 7 aromatic carbocycles. The first kappa shape index (κ1) is 35.3. The van der Waals surface area contributed by atoms with Crippen LogP contribution in [0.15, 0.2) is 164 Å². The lowest BCUT2D eigenvalue weighted by Gasteiger charge is -2.44. The first-order valence-electron chi connectivity index (χ1n) is 20.6. The minimum absolute atomic E-state index is 0.0154. The smallest absolute Gasteiger partial charge is 0.238 e. The van der Waals surface area contributed by atoms with Crippen molar-refractivity contribution in [3.8, 4) is 45.5 Å². The largest absolute Gasteiger partial charge is 0.307 e. The SMILES string of the molecule is CC1(C)c2ccc(-c3ccccc3-n3c4ccccc4c4ccc5c6ccccc6n(-c6nc(-c7ccccc7)nc(-c7ccccc7)n6)c5c43)cc2C(C)(C)C1(C)C. The van der Waals surface area contributed by atoms with Gasteiger partial charge in [0.15, 0.2) is 11.6 Å². The number of aromatic nitrogens is 5. The Bertz CT molecular complexity index is 3230. The molecule has 0 aliphatic heterocycles. The molecule has 0 unspecified atom stereocenters. The molecule has 0 radical (unpaired) electrons. The number of hydrogen-bond acceptors (Lipinski definition) is 3. The van der Waals surface area contributed by atoms with Crippen molar-refractivity contribution in [1.82, 2.24) is 24.1 Å². The van der Waals surface area contributed by atoms with Crippen molar-refractivity contribution >= 4 is 43.6 Å². The van der Waals surface area contributed by atoms with E-state index in [0.717, 1.165) is 49.7 Å². The van der Waals surface area contributed by atoms with Crippen LogP contribution in [-0.4, -0.2) is 24.1 Å². The summed E-state index contributed by atoms with van der Waals surface area (Å²) >= 11 is 0. The van der Waals surface area contributed by atoms with Gasteiger partial charge < -0.3 is 4.57 Å². The van der Waals surface area contributed by atoms with Gasteiger partial charge in [0.2, 0.25) is 5.95 Å². The van der Waals surface area contributed by atoms with Gasteiger partial charge in [-0.2, -0.15) is 9.97 Å². The highest BCUT2D eigenvalue weighted by atomic mass is 15.2. The van der Waals surface area contributed by atoms with Crippen LogP contribution in [0.3, 0.4) is 0 Å². The summed E-state index contributed by atoms with van der Waals surface area (Å²) < 4.78 is 4.76. The Morgan fingerprint density at radius 3 is 1.49 bits per heavy atom. The van der Waals surface area contributed by atoms with Crippen molar-refractivity contribution in [2.24, 2.45) is 5.41 Å². The Kier molecular flexibility index (Phi) is 7.53. The highest BCUT2D eigenvalue weighted by Gasteiger charge is 2.56. The van der Waals surface area contributed by atoms with Gasteiger partial charge in [-0.05, 0) is 51.1 Å². The second-order valence-electron chi connectivity index (χ2n) is 17.7. The van der Waals surface area contributed by atoms with E-state index in [-0.39, 0.29) is 16.2 Å². The van der Waals surface area contributed by atoms with Gasteiger partial charge in [0.25, 0.3) is 0 Å². The van der Waals surface area contributed by atoms with E-state index in [2.05, 4.69) is 178 Å². The number of benzene rings is 7. The van der Waals surface area contributed by atoms with Crippen molar-refractivity contribution in [3.63, 3.8) is 0 Å². The van der Waals surface area contributed by atoms with Gasteiger partial charge in [-0.25, -0.2) is 4.98 Å². The van der Waals surface area contributed by atoms with Crippen LogP contribution in [0.1, 0.15) is 52.7 Å². The Balaban J connectivity index is 1.25. The van der Waals surface area contributed by atoms with E-state index >= 15 is 0 Å². The third kappa shape index (κ3) is 4.94. The fourth-order valence-corrected chi connectivity index (χ4v) is 10.00. The summed E-state index contributed by atoms with van der Waals surface area (Å²) in [6.45, 7) is 14.5. The summed E-state index contributed by atoms with van der Waals surface area (Å²) in [7, 11) is 0. The molecule has 3 heterocycles. The summed E-state index contributed by atoms with van der Waals surface area (Å²) in [5.74, 6) is 1.83. The van der Waals surface area contributed by atoms with Crippen LogP contribution in [0.25, 0.3) is 89.2 Å². The average molecular weight is 764 g/mol. The predicted molar refractivity (Wildman–Crippen MR) is 245 cm³/mol. The molecule has 1 aliphatic carbocycles. The molecule has 59 heavy (non-hydrogen) atoms. The van der Waals surface area contributed by atoms with Crippen molar-refractivity contribution in [1.29, 1.82) is 0 Å². The van der Waals surface area contributed by atoms with E-state index in [1.54, 1.807) is 0 Å². The minimum Gasteiger partial charge on any atom is -0.307 e. The molecule has 5 heteroatoms. The van der Waals surface area contributed by atoms with E-state index in [4.69, 9.17) is 15.0 Å². The Labute approximate surface area is 344 Å². The molecular weight excluding hydrogens is 719 g/mol. The summed E-state index contributed by atoms with van der Waals surface area (Å²) in [5, 5.41) is 4.65. The monoisotopic (exact) mass is 763 g/mol. The Morgan fingerprint density at radius 2 is 0.881 bits per heavy atom. The minimum atomic E-state index is -0.0154. The average Bonchev–Trinajstić information content (AvgIpc) is 3.82. The Morgan fingerprint density at radius 1 is 0.390 bits per heavy atom. The van der Waals surface area contributed by atoms with Crippen LogP contribution in [0.2, 0.25) is 0 Å². The zero-order chi connectivity index (χ0) is 40.3. The first-order valence-corrected chi connectivity index (χ1v) is 20.6. The zero-order valence-electron chi connectivity index (χ0n) is 34.3. The molecule has 0 saturated heterocycles. The number of rotatable bonds is 5. The summed E-state index contributed by atoms with van der Waals surface area (Å²) in [4.78, 5) is 15.7. The van der Waals surface area contributed by atoms with E-state index in [1.165, 1.54) is 33.0 Å². The fraction of sp³-hybridized carbons (Fsp3) is 0.167. The molecule has 0 spiro atoms. The van der Waals surface area contributed by atoms with Crippen LogP contribution >= 0.6 is 0 Å². The highest BCUT2D eigenvalue weighted by Crippen LogP contribution is 2.62. The molecule has 10 aromatic rings. The van der Waals surface area contributed by atoms with E-state index < -0.39 is 0 Å². The first-order chi connectivity index (χ1) is 28.6. The molecule has 0 N–H and O–H groups in total. The van der Waals surface area contributed by atoms with E-state index in [1.807, 2.05) is 36.4 Å². The predicted octanol–water partition coefficient (Wildman–Crippen LogP) is 13.7. The van der Waals surface area contributed by atoms with Crippen molar-refractivity contribution in [2.75, 3.05) is 0 Å². The lowest BCUT2D eigenvalue weighted by Crippen LogP contribution is -2.42.